The molecule has 3 aromatic carbocycles. The average molecular weight is 1010 g/mol. The van der Waals surface area contributed by atoms with E-state index in [0.29, 0.717) is 22.8 Å². The van der Waals surface area contributed by atoms with Crippen molar-refractivity contribution in [3.8, 4) is 0 Å². The molecule has 11 rings (SSSR count). The maximum atomic E-state index is 13.9. The first kappa shape index (κ1) is 52.2. The molecule has 15 nitrogen and oxygen atoms in total. The Balaban J connectivity index is 0.000000175. The third-order valence-corrected chi connectivity index (χ3v) is 16.9. The summed E-state index contributed by atoms with van der Waals surface area (Å²) in [6.07, 6.45) is 5.62. The molecule has 0 radical (unpaired) electrons. The van der Waals surface area contributed by atoms with Gasteiger partial charge in [-0.1, -0.05) is 48.5 Å². The normalized spacial score (nSPS) is 26.8. The van der Waals surface area contributed by atoms with Gasteiger partial charge in [-0.05, 0) is 188 Å². The van der Waals surface area contributed by atoms with Crippen molar-refractivity contribution in [3.63, 3.8) is 0 Å². The fourth-order valence-corrected chi connectivity index (χ4v) is 11.8. The van der Waals surface area contributed by atoms with Crippen LogP contribution in [0.25, 0.3) is 11.0 Å². The molecule has 1 aromatic heterocycles. The average Bonchev–Trinajstić information content (AvgIpc) is 4.19. The van der Waals surface area contributed by atoms with E-state index in [0.717, 1.165) is 72.8 Å². The van der Waals surface area contributed by atoms with E-state index in [4.69, 9.17) is 42.8 Å². The zero-order chi connectivity index (χ0) is 53.1. The standard InChI is InChI=1S/C32H40BN3O6.C25H35BN2O4/c1-30(2,3)40-29(38)35-23-15-13-21(17-23)26(35)27-34-24-16-14-22(33-41-31(4,5)32(6,7)42-33)18-25(24)36(27)28(37)39-19-20-11-9-8-10-12-20;1-23(2,3)30-22(29)28-18-10-8-15(13-18)21(28)20-14-16-12-17(9-11-19(16)27-20)26-31-24(4,5)25(6,7)32-26/h8-12,14,16,18,21,23,26H,13,15,17,19H2,1-7H3;9,11-12,15,18,21H,8,10,13-14H2,1-7H3/t21-,23?,26-;15-,18?,21-/m00/s1. The predicted octanol–water partition coefficient (Wildman–Crippen LogP) is 10.4. The summed E-state index contributed by atoms with van der Waals surface area (Å²) in [6.45, 7) is 27.8. The van der Waals surface area contributed by atoms with Crippen molar-refractivity contribution in [1.29, 1.82) is 0 Å². The highest BCUT2D eigenvalue weighted by molar-refractivity contribution is 6.62. The van der Waals surface area contributed by atoms with Gasteiger partial charge in [0.2, 0.25) is 0 Å². The Morgan fingerprint density at radius 2 is 1.14 bits per heavy atom. The summed E-state index contributed by atoms with van der Waals surface area (Å²) in [6, 6.07) is 21.5. The topological polar surface area (TPSA) is 152 Å². The molecule has 7 aliphatic rings. The van der Waals surface area contributed by atoms with Crippen LogP contribution < -0.4 is 10.9 Å². The molecule has 0 spiro atoms. The van der Waals surface area contributed by atoms with Gasteiger partial charge in [0, 0.05) is 24.2 Å². The Kier molecular flexibility index (Phi) is 13.1. The molecule has 4 bridgehead atoms. The molecule has 5 aliphatic heterocycles. The van der Waals surface area contributed by atoms with E-state index in [2.05, 4.69) is 45.9 Å². The van der Waals surface area contributed by atoms with Gasteiger partial charge in [0.25, 0.3) is 0 Å². The van der Waals surface area contributed by atoms with E-state index in [1.165, 1.54) is 10.1 Å². The highest BCUT2D eigenvalue weighted by atomic mass is 16.7. The minimum atomic E-state index is -0.643. The molecule has 74 heavy (non-hydrogen) atoms. The van der Waals surface area contributed by atoms with Gasteiger partial charge < -0.3 is 32.8 Å². The summed E-state index contributed by atoms with van der Waals surface area (Å²) in [7, 11) is -0.984. The van der Waals surface area contributed by atoms with Crippen LogP contribution in [-0.4, -0.2) is 109 Å². The van der Waals surface area contributed by atoms with E-state index in [9.17, 15) is 14.4 Å². The molecule has 17 heteroatoms. The number of fused-ring (bicyclic) bond motifs is 6. The zero-order valence-corrected chi connectivity index (χ0v) is 45.9. The largest absolute Gasteiger partial charge is 0.494 e. The van der Waals surface area contributed by atoms with Crippen LogP contribution in [0, 0.1) is 11.8 Å². The second kappa shape index (κ2) is 18.5. The van der Waals surface area contributed by atoms with Gasteiger partial charge >= 0.3 is 32.5 Å². The Morgan fingerprint density at radius 1 is 0.635 bits per heavy atom. The van der Waals surface area contributed by atoms with Crippen LogP contribution in [0.15, 0.2) is 71.7 Å². The molecule has 4 saturated heterocycles. The molecule has 4 aromatic rings. The molecular weight excluding hydrogens is 936 g/mol. The van der Waals surface area contributed by atoms with E-state index in [1.54, 1.807) is 4.90 Å². The number of rotatable bonds is 6. The highest BCUT2D eigenvalue weighted by Crippen LogP contribution is 2.51. The molecule has 2 aliphatic carbocycles. The van der Waals surface area contributed by atoms with Gasteiger partial charge in [0.1, 0.15) is 23.6 Å². The number of nitrogens with zero attached hydrogens (tertiary/aromatic N) is 5. The smallest absolute Gasteiger partial charge is 0.444 e. The maximum absolute atomic E-state index is 13.9. The zero-order valence-electron chi connectivity index (χ0n) is 45.9. The Hall–Kier alpha value is -5.22. The lowest BCUT2D eigenvalue weighted by Crippen LogP contribution is -2.50. The van der Waals surface area contributed by atoms with Crippen molar-refractivity contribution in [1.82, 2.24) is 19.4 Å². The fourth-order valence-electron chi connectivity index (χ4n) is 11.8. The molecule has 394 valence electrons. The van der Waals surface area contributed by atoms with E-state index < -0.39 is 41.7 Å². The number of carbonyl (C=O) groups excluding carboxylic acids is 3. The van der Waals surface area contributed by atoms with Crippen molar-refractivity contribution in [3.05, 3.63) is 83.7 Å². The number of hydrogen-bond donors (Lipinski definition) is 0. The number of likely N-dealkylation sites (tertiary alicyclic amines) is 2. The lowest BCUT2D eigenvalue weighted by molar-refractivity contribution is 0.00556. The van der Waals surface area contributed by atoms with Crippen molar-refractivity contribution >= 4 is 65.9 Å². The molecule has 6 fully saturated rings. The number of amides is 2. The SMILES string of the molecule is CC(C)(C)OC(=O)N1C2CC[C@@H](C2)[C@H]1C1=Nc2ccc(B3OC(C)(C)C(C)(C)O3)cc2C1.CC(C)(C)OC(=O)N1C2CC[C@@H](C2)[C@H]1c1nc2ccc(B3OC(C)(C)C(C)(C)O3)cc2n1C(=O)OCc1ccccc1. The maximum Gasteiger partial charge on any atom is 0.494 e. The Labute approximate surface area is 437 Å². The number of piperidine rings is 2. The molecule has 2 unspecified atom stereocenters. The van der Waals surface area contributed by atoms with Crippen LogP contribution in [-0.2, 0) is 45.9 Å². The van der Waals surface area contributed by atoms with E-state index in [1.807, 2.05) is 123 Å². The number of hydrogen-bond acceptors (Lipinski definition) is 12. The first-order valence-corrected chi connectivity index (χ1v) is 26.8. The minimum Gasteiger partial charge on any atom is -0.444 e. The third kappa shape index (κ3) is 9.79. The van der Waals surface area contributed by atoms with Crippen molar-refractivity contribution in [2.75, 3.05) is 0 Å². The summed E-state index contributed by atoms with van der Waals surface area (Å²) in [4.78, 5) is 54.2. The third-order valence-electron chi connectivity index (χ3n) is 16.9. The summed E-state index contributed by atoms with van der Waals surface area (Å²) in [5.41, 5.74) is 4.27. The van der Waals surface area contributed by atoms with Gasteiger partial charge in [-0.15, -0.1) is 0 Å². The van der Waals surface area contributed by atoms with Crippen LogP contribution in [0.3, 0.4) is 0 Å². The van der Waals surface area contributed by atoms with Crippen LogP contribution in [0.5, 0.6) is 0 Å². The molecule has 2 saturated carbocycles. The number of imidazole rings is 1. The number of benzene rings is 3. The van der Waals surface area contributed by atoms with E-state index in [-0.39, 0.29) is 61.2 Å². The quantitative estimate of drug-likeness (QED) is 0.134. The molecule has 6 heterocycles. The number of ether oxygens (including phenoxy) is 3. The highest BCUT2D eigenvalue weighted by Gasteiger charge is 2.56. The first-order valence-electron chi connectivity index (χ1n) is 26.8. The monoisotopic (exact) mass is 1010 g/mol. The lowest BCUT2D eigenvalue weighted by atomic mass is 9.78. The van der Waals surface area contributed by atoms with Gasteiger partial charge in [-0.3, -0.25) is 14.8 Å². The van der Waals surface area contributed by atoms with Crippen LogP contribution in [0.2, 0.25) is 0 Å². The van der Waals surface area contributed by atoms with Crippen molar-refractivity contribution in [2.45, 2.75) is 206 Å². The number of carbonyl (C=O) groups is 3. The van der Waals surface area contributed by atoms with Crippen molar-refractivity contribution in [2.24, 2.45) is 16.8 Å². The summed E-state index contributed by atoms with van der Waals surface area (Å²) < 4.78 is 44.1. The number of aromatic nitrogens is 2. The fraction of sp³-hybridized carbons (Fsp3) is 0.596. The number of aliphatic imine (C=N–C) groups is 1. The second-order valence-electron chi connectivity index (χ2n) is 25.6. The van der Waals surface area contributed by atoms with Gasteiger partial charge in [-0.25, -0.2) is 23.9 Å². The van der Waals surface area contributed by atoms with Crippen LogP contribution >= 0.6 is 0 Å². The molecule has 6 atom stereocenters. The summed E-state index contributed by atoms with van der Waals surface area (Å²) in [5, 5.41) is 0. The molecule has 2 amide bonds. The summed E-state index contributed by atoms with van der Waals surface area (Å²) in [5.74, 6) is 1.14. The Morgan fingerprint density at radius 3 is 1.68 bits per heavy atom. The van der Waals surface area contributed by atoms with Gasteiger partial charge in [0.15, 0.2) is 0 Å². The lowest BCUT2D eigenvalue weighted by Gasteiger charge is -2.36. The van der Waals surface area contributed by atoms with Crippen LogP contribution in [0.1, 0.15) is 158 Å². The first-order chi connectivity index (χ1) is 34.6. The molecule has 0 N–H and O–H groups in total. The molecular formula is C57H75B2N5O10. The van der Waals surface area contributed by atoms with Gasteiger partial charge in [-0.2, -0.15) is 0 Å². The minimum absolute atomic E-state index is 0.0382. The van der Waals surface area contributed by atoms with E-state index >= 15 is 0 Å². The second-order valence-corrected chi connectivity index (χ2v) is 25.6. The van der Waals surface area contributed by atoms with Crippen LogP contribution in [0.4, 0.5) is 20.1 Å². The Bertz CT molecular complexity index is 2840. The predicted molar refractivity (Wildman–Crippen MR) is 285 cm³/mol. The van der Waals surface area contributed by atoms with Crippen molar-refractivity contribution < 1.29 is 47.2 Å². The van der Waals surface area contributed by atoms with Gasteiger partial charge in [0.05, 0.1) is 51.2 Å². The summed E-state index contributed by atoms with van der Waals surface area (Å²) >= 11 is 0.